The molecule has 0 aromatic carbocycles. The number of aliphatic hydroxyl groups excluding tert-OH is 1. The Bertz CT molecular complexity index is 212. The van der Waals surface area contributed by atoms with Crippen LogP contribution in [0.2, 0.25) is 0 Å². The fourth-order valence-corrected chi connectivity index (χ4v) is 2.99. The summed E-state index contributed by atoms with van der Waals surface area (Å²) in [4.78, 5) is 2.42. The lowest BCUT2D eigenvalue weighted by Gasteiger charge is -2.33. The molecule has 94 valence electrons. The summed E-state index contributed by atoms with van der Waals surface area (Å²) in [5, 5.41) is 9.70. The van der Waals surface area contributed by atoms with Gasteiger partial charge in [-0.2, -0.15) is 0 Å². The van der Waals surface area contributed by atoms with E-state index < -0.39 is 0 Å². The highest BCUT2D eigenvalue weighted by molar-refractivity contribution is 4.91. The molecule has 2 fully saturated rings. The van der Waals surface area contributed by atoms with Gasteiger partial charge in [0.2, 0.25) is 0 Å². The van der Waals surface area contributed by atoms with Crippen LogP contribution < -0.4 is 0 Å². The minimum absolute atomic E-state index is 0.110. The van der Waals surface area contributed by atoms with Gasteiger partial charge >= 0.3 is 0 Å². The molecule has 1 N–H and O–H groups in total. The second kappa shape index (κ2) is 5.45. The van der Waals surface area contributed by atoms with Gasteiger partial charge in [-0.05, 0) is 25.7 Å². The molecule has 2 rings (SSSR count). The predicted molar refractivity (Wildman–Crippen MR) is 61.4 cm³/mol. The van der Waals surface area contributed by atoms with Crippen LogP contribution >= 0.6 is 0 Å². The zero-order chi connectivity index (χ0) is 11.5. The molecule has 0 bridgehead atoms. The Labute approximate surface area is 97.5 Å². The van der Waals surface area contributed by atoms with E-state index in [0.29, 0.717) is 6.04 Å². The lowest BCUT2D eigenvalue weighted by molar-refractivity contribution is -0.00461. The molecule has 1 saturated carbocycles. The highest BCUT2D eigenvalue weighted by Crippen LogP contribution is 2.27. The predicted octanol–water partition coefficient (Wildman–Crippen LogP) is 0.635. The first kappa shape index (κ1) is 12.3. The average Bonchev–Trinajstić information content (AvgIpc) is 2.72. The van der Waals surface area contributed by atoms with Crippen molar-refractivity contribution in [3.8, 4) is 0 Å². The van der Waals surface area contributed by atoms with Crippen LogP contribution in [0.15, 0.2) is 0 Å². The first-order valence-electron chi connectivity index (χ1n) is 6.22. The Morgan fingerprint density at radius 1 is 1.06 bits per heavy atom. The van der Waals surface area contributed by atoms with Crippen molar-refractivity contribution in [3.05, 3.63) is 0 Å². The van der Waals surface area contributed by atoms with Crippen LogP contribution in [0.4, 0.5) is 0 Å². The van der Waals surface area contributed by atoms with E-state index >= 15 is 0 Å². The summed E-state index contributed by atoms with van der Waals surface area (Å²) in [5.74, 6) is 0. The van der Waals surface area contributed by atoms with E-state index in [-0.39, 0.29) is 18.3 Å². The summed E-state index contributed by atoms with van der Waals surface area (Å²) in [6.07, 6.45) is 4.47. The third-order valence-electron chi connectivity index (χ3n) is 3.98. The van der Waals surface area contributed by atoms with E-state index in [1.54, 1.807) is 14.2 Å². The van der Waals surface area contributed by atoms with Gasteiger partial charge in [0.05, 0.1) is 18.3 Å². The quantitative estimate of drug-likeness (QED) is 0.771. The number of hydrogen-bond acceptors (Lipinski definition) is 4. The first-order valence-corrected chi connectivity index (χ1v) is 6.22. The van der Waals surface area contributed by atoms with E-state index in [2.05, 4.69) is 4.90 Å². The zero-order valence-electron chi connectivity index (χ0n) is 10.3. The fourth-order valence-electron chi connectivity index (χ4n) is 2.99. The Hall–Kier alpha value is -0.160. The molecule has 4 unspecified atom stereocenters. The monoisotopic (exact) mass is 229 g/mol. The normalized spacial score (nSPS) is 41.4. The van der Waals surface area contributed by atoms with Gasteiger partial charge in [-0.25, -0.2) is 0 Å². The van der Waals surface area contributed by atoms with Crippen molar-refractivity contribution in [3.63, 3.8) is 0 Å². The van der Waals surface area contributed by atoms with Gasteiger partial charge in [0.25, 0.3) is 0 Å². The van der Waals surface area contributed by atoms with Crippen molar-refractivity contribution in [1.29, 1.82) is 0 Å². The van der Waals surface area contributed by atoms with Gasteiger partial charge in [-0.1, -0.05) is 0 Å². The van der Waals surface area contributed by atoms with Gasteiger partial charge in [0, 0.05) is 33.4 Å². The van der Waals surface area contributed by atoms with Crippen LogP contribution in [-0.4, -0.2) is 61.7 Å². The highest BCUT2D eigenvalue weighted by Gasteiger charge is 2.37. The van der Waals surface area contributed by atoms with Crippen LogP contribution in [0, 0.1) is 0 Å². The van der Waals surface area contributed by atoms with E-state index in [4.69, 9.17) is 9.47 Å². The molecule has 4 heteroatoms. The largest absolute Gasteiger partial charge is 0.393 e. The van der Waals surface area contributed by atoms with Crippen molar-refractivity contribution in [2.45, 2.75) is 50.0 Å². The van der Waals surface area contributed by atoms with Gasteiger partial charge in [0.1, 0.15) is 0 Å². The molecular weight excluding hydrogens is 206 g/mol. The Morgan fingerprint density at radius 2 is 1.69 bits per heavy atom. The smallest absolute Gasteiger partial charge is 0.0971 e. The molecule has 2 aliphatic rings. The van der Waals surface area contributed by atoms with Crippen LogP contribution in [0.25, 0.3) is 0 Å². The number of aliphatic hydroxyl groups is 1. The van der Waals surface area contributed by atoms with E-state index in [1.807, 2.05) is 0 Å². The molecule has 0 radical (unpaired) electrons. The summed E-state index contributed by atoms with van der Waals surface area (Å²) in [5.41, 5.74) is 0. The maximum atomic E-state index is 9.70. The summed E-state index contributed by atoms with van der Waals surface area (Å²) in [6.45, 7) is 1.87. The summed E-state index contributed by atoms with van der Waals surface area (Å²) in [6, 6.07) is 0.515. The zero-order valence-corrected chi connectivity index (χ0v) is 10.3. The number of ether oxygens (including phenoxy) is 2. The van der Waals surface area contributed by atoms with Crippen molar-refractivity contribution < 1.29 is 14.6 Å². The summed E-state index contributed by atoms with van der Waals surface area (Å²) in [7, 11) is 3.49. The van der Waals surface area contributed by atoms with Crippen LogP contribution in [-0.2, 0) is 9.47 Å². The standard InChI is InChI=1S/C12H23NO3/c1-15-11-7-13(8-12(11)16-2)9-4-3-5-10(14)6-9/h9-12,14H,3-8H2,1-2H3. The molecular formula is C12H23NO3. The Kier molecular flexibility index (Phi) is 4.19. The summed E-state index contributed by atoms with van der Waals surface area (Å²) < 4.78 is 10.9. The molecule has 1 saturated heterocycles. The van der Waals surface area contributed by atoms with Crippen LogP contribution in [0.5, 0.6) is 0 Å². The second-order valence-corrected chi connectivity index (χ2v) is 4.98. The maximum absolute atomic E-state index is 9.70. The number of nitrogens with zero attached hydrogens (tertiary/aromatic N) is 1. The molecule has 4 nitrogen and oxygen atoms in total. The van der Waals surface area contributed by atoms with E-state index in [0.717, 1.165) is 32.4 Å². The summed E-state index contributed by atoms with van der Waals surface area (Å²) >= 11 is 0. The van der Waals surface area contributed by atoms with Gasteiger partial charge in [0.15, 0.2) is 0 Å². The lowest BCUT2D eigenvalue weighted by atomic mass is 9.92. The van der Waals surface area contributed by atoms with Crippen LogP contribution in [0.1, 0.15) is 25.7 Å². The third-order valence-corrected chi connectivity index (χ3v) is 3.98. The van der Waals surface area contributed by atoms with Crippen molar-refractivity contribution in [1.82, 2.24) is 4.90 Å². The second-order valence-electron chi connectivity index (χ2n) is 4.98. The van der Waals surface area contributed by atoms with Crippen LogP contribution in [0.3, 0.4) is 0 Å². The molecule has 0 amide bonds. The van der Waals surface area contributed by atoms with Crippen molar-refractivity contribution >= 4 is 0 Å². The number of likely N-dealkylation sites (tertiary alicyclic amines) is 1. The van der Waals surface area contributed by atoms with Gasteiger partial charge in [-0.15, -0.1) is 0 Å². The van der Waals surface area contributed by atoms with Crippen molar-refractivity contribution in [2.24, 2.45) is 0 Å². The molecule has 1 aliphatic carbocycles. The number of hydrogen-bond donors (Lipinski definition) is 1. The van der Waals surface area contributed by atoms with Gasteiger partial charge in [-0.3, -0.25) is 4.90 Å². The maximum Gasteiger partial charge on any atom is 0.0971 e. The molecule has 0 aromatic heterocycles. The SMILES string of the molecule is COC1CN(C2CCCC(O)C2)CC1OC. The number of rotatable bonds is 3. The number of methoxy groups -OCH3 is 2. The van der Waals surface area contributed by atoms with Crippen molar-refractivity contribution in [2.75, 3.05) is 27.3 Å². The molecule has 1 heterocycles. The molecule has 0 spiro atoms. The molecule has 4 atom stereocenters. The third kappa shape index (κ3) is 2.56. The lowest BCUT2D eigenvalue weighted by Crippen LogP contribution is -2.39. The Balaban J connectivity index is 1.90. The molecule has 0 aromatic rings. The minimum Gasteiger partial charge on any atom is -0.393 e. The average molecular weight is 229 g/mol. The molecule has 1 aliphatic heterocycles. The highest BCUT2D eigenvalue weighted by atomic mass is 16.5. The van der Waals surface area contributed by atoms with Gasteiger partial charge < -0.3 is 14.6 Å². The van der Waals surface area contributed by atoms with E-state index in [1.165, 1.54) is 6.42 Å². The Morgan fingerprint density at radius 3 is 2.19 bits per heavy atom. The first-order chi connectivity index (χ1) is 7.74. The van der Waals surface area contributed by atoms with E-state index in [9.17, 15) is 5.11 Å². The topological polar surface area (TPSA) is 41.9 Å². The fraction of sp³-hybridized carbons (Fsp3) is 1.00. The molecule has 16 heavy (non-hydrogen) atoms. The minimum atomic E-state index is -0.110.